The lowest BCUT2D eigenvalue weighted by Crippen LogP contribution is -2.58. The molecular weight excluding hydrogens is 384 g/mol. The van der Waals surface area contributed by atoms with Gasteiger partial charge in [-0.05, 0) is 43.5 Å². The molecule has 0 bridgehead atoms. The van der Waals surface area contributed by atoms with Gasteiger partial charge in [0.05, 0.1) is 24.0 Å². The van der Waals surface area contributed by atoms with Crippen LogP contribution in [0.3, 0.4) is 0 Å². The summed E-state index contributed by atoms with van der Waals surface area (Å²) in [6, 6.07) is 16.3. The Morgan fingerprint density at radius 1 is 1.17 bits per heavy atom. The Kier molecular flexibility index (Phi) is 5.12. The molecule has 0 aliphatic carbocycles. The fourth-order valence-corrected chi connectivity index (χ4v) is 5.98. The Labute approximate surface area is 176 Å². The zero-order valence-corrected chi connectivity index (χ0v) is 17.5. The normalized spacial score (nSPS) is 26.4. The van der Waals surface area contributed by atoms with Gasteiger partial charge in [0.25, 0.3) is 0 Å². The summed E-state index contributed by atoms with van der Waals surface area (Å²) in [5.41, 5.74) is 1.68. The molecule has 0 saturated carbocycles. The number of para-hydroxylation sites is 2. The van der Waals surface area contributed by atoms with E-state index in [1.807, 2.05) is 41.3 Å². The molecule has 2 saturated heterocycles. The molecule has 0 radical (unpaired) electrons. The maximum absolute atomic E-state index is 13.5. The van der Waals surface area contributed by atoms with Crippen LogP contribution in [0, 0.1) is 0 Å². The SMILES string of the molecule is CO[C@@H]1CCN(CC(=O)N2c3ccccc3Sc3ccccc32)C[C@@]12CCCO2. The average molecular weight is 411 g/mol. The van der Waals surface area contributed by atoms with Crippen LogP contribution in [0.25, 0.3) is 0 Å². The molecule has 2 aromatic carbocycles. The molecule has 2 fully saturated rings. The van der Waals surface area contributed by atoms with Crippen molar-refractivity contribution in [2.75, 3.05) is 38.3 Å². The third-order valence-electron chi connectivity index (χ3n) is 6.24. The molecule has 5 rings (SSSR count). The minimum Gasteiger partial charge on any atom is -0.378 e. The molecule has 3 aliphatic rings. The van der Waals surface area contributed by atoms with Gasteiger partial charge in [0.2, 0.25) is 5.91 Å². The molecule has 3 heterocycles. The number of piperidine rings is 1. The largest absolute Gasteiger partial charge is 0.378 e. The Bertz CT molecular complexity index is 867. The summed E-state index contributed by atoms with van der Waals surface area (Å²) in [6.45, 7) is 2.77. The highest BCUT2D eigenvalue weighted by Gasteiger charge is 2.47. The summed E-state index contributed by atoms with van der Waals surface area (Å²) in [6.07, 6.45) is 3.07. The highest BCUT2D eigenvalue weighted by atomic mass is 32.2. The number of amides is 1. The van der Waals surface area contributed by atoms with Gasteiger partial charge in [0.1, 0.15) is 5.60 Å². The Morgan fingerprint density at radius 2 is 1.86 bits per heavy atom. The van der Waals surface area contributed by atoms with E-state index in [0.29, 0.717) is 6.54 Å². The van der Waals surface area contributed by atoms with Gasteiger partial charge in [-0.2, -0.15) is 0 Å². The number of methoxy groups -OCH3 is 1. The molecule has 0 N–H and O–H groups in total. The molecule has 0 aromatic heterocycles. The number of carbonyl (C=O) groups is 1. The van der Waals surface area contributed by atoms with E-state index in [2.05, 4.69) is 17.0 Å². The Balaban J connectivity index is 1.40. The number of benzene rings is 2. The molecule has 5 nitrogen and oxygen atoms in total. The first-order valence-corrected chi connectivity index (χ1v) is 11.1. The molecule has 2 atom stereocenters. The van der Waals surface area contributed by atoms with Crippen molar-refractivity contribution in [2.24, 2.45) is 0 Å². The lowest BCUT2D eigenvalue weighted by atomic mass is 9.87. The monoisotopic (exact) mass is 410 g/mol. The van der Waals surface area contributed by atoms with Gasteiger partial charge in [-0.1, -0.05) is 36.0 Å². The second-order valence-electron chi connectivity index (χ2n) is 8.01. The molecule has 152 valence electrons. The molecule has 3 aliphatic heterocycles. The first-order chi connectivity index (χ1) is 14.2. The first kappa shape index (κ1) is 19.1. The first-order valence-electron chi connectivity index (χ1n) is 10.3. The molecule has 1 spiro atoms. The number of ether oxygens (including phenoxy) is 2. The Morgan fingerprint density at radius 3 is 2.48 bits per heavy atom. The summed E-state index contributed by atoms with van der Waals surface area (Å²) in [4.78, 5) is 19.9. The fourth-order valence-electron chi connectivity index (χ4n) is 4.92. The van der Waals surface area contributed by atoms with E-state index in [9.17, 15) is 4.79 Å². The highest BCUT2D eigenvalue weighted by Crippen LogP contribution is 2.48. The molecule has 29 heavy (non-hydrogen) atoms. The maximum atomic E-state index is 13.5. The number of carbonyl (C=O) groups excluding carboxylic acids is 1. The third kappa shape index (κ3) is 3.38. The molecule has 6 heteroatoms. The number of rotatable bonds is 3. The van der Waals surface area contributed by atoms with E-state index in [1.165, 1.54) is 0 Å². The number of fused-ring (bicyclic) bond motifs is 2. The van der Waals surface area contributed by atoms with Crippen LogP contribution in [0.4, 0.5) is 11.4 Å². The molecule has 2 aromatic rings. The summed E-state index contributed by atoms with van der Waals surface area (Å²) < 4.78 is 11.9. The summed E-state index contributed by atoms with van der Waals surface area (Å²) in [7, 11) is 1.77. The Hall–Kier alpha value is -1.86. The van der Waals surface area contributed by atoms with Crippen LogP contribution in [0.5, 0.6) is 0 Å². The van der Waals surface area contributed by atoms with Gasteiger partial charge < -0.3 is 9.47 Å². The van der Waals surface area contributed by atoms with Crippen LogP contribution in [-0.4, -0.2) is 55.9 Å². The fraction of sp³-hybridized carbons (Fsp3) is 0.435. The quantitative estimate of drug-likeness (QED) is 0.763. The third-order valence-corrected chi connectivity index (χ3v) is 7.37. The van der Waals surface area contributed by atoms with Crippen molar-refractivity contribution in [1.82, 2.24) is 4.90 Å². The smallest absolute Gasteiger partial charge is 0.245 e. The number of hydrogen-bond acceptors (Lipinski definition) is 5. The van der Waals surface area contributed by atoms with Gasteiger partial charge in [0, 0.05) is 36.6 Å². The van der Waals surface area contributed by atoms with Gasteiger partial charge in [-0.15, -0.1) is 0 Å². The van der Waals surface area contributed by atoms with Gasteiger partial charge in [0.15, 0.2) is 0 Å². The van der Waals surface area contributed by atoms with Crippen molar-refractivity contribution in [2.45, 2.75) is 40.8 Å². The van der Waals surface area contributed by atoms with Crippen LogP contribution < -0.4 is 4.90 Å². The topological polar surface area (TPSA) is 42.0 Å². The van der Waals surface area contributed by atoms with E-state index in [4.69, 9.17) is 9.47 Å². The second-order valence-corrected chi connectivity index (χ2v) is 9.09. The van der Waals surface area contributed by atoms with Crippen LogP contribution in [0.2, 0.25) is 0 Å². The highest BCUT2D eigenvalue weighted by molar-refractivity contribution is 7.99. The molecule has 0 unspecified atom stereocenters. The van der Waals surface area contributed by atoms with E-state index in [-0.39, 0.29) is 17.6 Å². The average Bonchev–Trinajstić information content (AvgIpc) is 3.20. The number of nitrogens with zero attached hydrogens (tertiary/aromatic N) is 2. The summed E-state index contributed by atoms with van der Waals surface area (Å²) >= 11 is 1.72. The van der Waals surface area contributed by atoms with Crippen LogP contribution in [0.1, 0.15) is 19.3 Å². The van der Waals surface area contributed by atoms with E-state index in [1.54, 1.807) is 18.9 Å². The van der Waals surface area contributed by atoms with Crippen molar-refractivity contribution in [3.63, 3.8) is 0 Å². The van der Waals surface area contributed by atoms with Crippen molar-refractivity contribution < 1.29 is 14.3 Å². The standard InChI is InChI=1S/C23H26N2O3S/c1-27-21-11-13-24(16-23(21)12-6-14-28-23)15-22(26)25-17-7-2-4-9-19(17)29-20-10-5-3-8-18(20)25/h2-5,7-10,21H,6,11-16H2,1H3/t21-,23+/m1/s1. The zero-order chi connectivity index (χ0) is 19.8. The van der Waals surface area contributed by atoms with Crippen LogP contribution >= 0.6 is 11.8 Å². The number of anilines is 2. The molecular formula is C23H26N2O3S. The van der Waals surface area contributed by atoms with Crippen molar-refractivity contribution in [1.29, 1.82) is 0 Å². The molecule has 1 amide bonds. The number of likely N-dealkylation sites (tertiary alicyclic amines) is 1. The van der Waals surface area contributed by atoms with Crippen molar-refractivity contribution in [3.8, 4) is 0 Å². The van der Waals surface area contributed by atoms with Gasteiger partial charge in [-0.25, -0.2) is 0 Å². The number of hydrogen-bond donors (Lipinski definition) is 0. The predicted molar refractivity (Wildman–Crippen MR) is 114 cm³/mol. The minimum atomic E-state index is -0.263. The minimum absolute atomic E-state index is 0.106. The maximum Gasteiger partial charge on any atom is 0.245 e. The zero-order valence-electron chi connectivity index (χ0n) is 16.7. The van der Waals surface area contributed by atoms with Crippen LogP contribution in [-0.2, 0) is 14.3 Å². The summed E-state index contributed by atoms with van der Waals surface area (Å²) in [5, 5.41) is 0. The lowest BCUT2D eigenvalue weighted by Gasteiger charge is -2.45. The lowest BCUT2D eigenvalue weighted by molar-refractivity contribution is -0.147. The van der Waals surface area contributed by atoms with E-state index in [0.717, 1.165) is 60.1 Å². The van der Waals surface area contributed by atoms with Crippen molar-refractivity contribution >= 4 is 29.0 Å². The van der Waals surface area contributed by atoms with E-state index < -0.39 is 0 Å². The van der Waals surface area contributed by atoms with Crippen molar-refractivity contribution in [3.05, 3.63) is 48.5 Å². The second kappa shape index (κ2) is 7.76. The predicted octanol–water partition coefficient (Wildman–Crippen LogP) is 4.09. The van der Waals surface area contributed by atoms with Crippen LogP contribution in [0.15, 0.2) is 58.3 Å². The summed E-state index contributed by atoms with van der Waals surface area (Å²) in [5.74, 6) is 0.106. The van der Waals surface area contributed by atoms with Gasteiger partial charge >= 0.3 is 0 Å². The van der Waals surface area contributed by atoms with E-state index >= 15 is 0 Å². The van der Waals surface area contributed by atoms with Gasteiger partial charge in [-0.3, -0.25) is 14.6 Å².